The summed E-state index contributed by atoms with van der Waals surface area (Å²) >= 11 is 8.23. The lowest BCUT2D eigenvalue weighted by molar-refractivity contribution is 0.706. The number of halogens is 1. The Morgan fingerprint density at radius 1 is 1.08 bits per heavy atom. The number of nitrogens with zero attached hydrogens (tertiary/aromatic N) is 1. The second-order valence-corrected chi connectivity index (χ2v) is 8.18. The fourth-order valence-corrected chi connectivity index (χ4v) is 4.31. The van der Waals surface area contributed by atoms with E-state index in [1.165, 1.54) is 47.5 Å². The minimum atomic E-state index is 0.773. The van der Waals surface area contributed by atoms with E-state index in [0.717, 1.165) is 29.3 Å². The minimum Gasteiger partial charge on any atom is -0.284 e. The molecule has 0 aliphatic carbocycles. The highest BCUT2D eigenvalue weighted by atomic mass is 35.5. The van der Waals surface area contributed by atoms with E-state index in [-0.39, 0.29) is 0 Å². The summed E-state index contributed by atoms with van der Waals surface area (Å²) < 4.78 is 0. The standard InChI is InChI=1S/C23H26ClNS/c1-2-3-4-7-16-26-20-11-12-21-19(17-20)14-15-25-23(21)13-10-18-8-5-6-9-22(18)24/h5-6,8-13,17H,2-4,7,14-16H2,1H3. The van der Waals surface area contributed by atoms with E-state index in [1.54, 1.807) is 0 Å². The average molecular weight is 384 g/mol. The summed E-state index contributed by atoms with van der Waals surface area (Å²) in [6, 6.07) is 14.7. The Labute approximate surface area is 166 Å². The van der Waals surface area contributed by atoms with Crippen LogP contribution in [0.2, 0.25) is 5.02 Å². The van der Waals surface area contributed by atoms with Gasteiger partial charge in [0.05, 0.1) is 5.71 Å². The Kier molecular flexibility index (Phi) is 7.40. The lowest BCUT2D eigenvalue weighted by atomic mass is 9.97. The van der Waals surface area contributed by atoms with Gasteiger partial charge in [0, 0.05) is 22.0 Å². The SMILES string of the molecule is CCCCCCSc1ccc2c(c1)CCN=C2C=Cc1ccccc1Cl. The van der Waals surface area contributed by atoms with Crippen LogP contribution >= 0.6 is 23.4 Å². The molecule has 2 aromatic rings. The average Bonchev–Trinajstić information content (AvgIpc) is 2.67. The third kappa shape index (κ3) is 5.25. The number of aliphatic imine (C=N–C) groups is 1. The van der Waals surface area contributed by atoms with Crippen LogP contribution in [0.4, 0.5) is 0 Å². The van der Waals surface area contributed by atoms with Gasteiger partial charge in [-0.2, -0.15) is 0 Å². The molecule has 0 unspecified atom stereocenters. The maximum Gasteiger partial charge on any atom is 0.0649 e. The molecule has 0 saturated heterocycles. The first-order valence-electron chi connectivity index (χ1n) is 9.51. The largest absolute Gasteiger partial charge is 0.284 e. The Hall–Kier alpha value is -1.51. The minimum absolute atomic E-state index is 0.773. The van der Waals surface area contributed by atoms with Gasteiger partial charge in [-0.3, -0.25) is 4.99 Å². The molecule has 0 saturated carbocycles. The van der Waals surface area contributed by atoms with Crippen LogP contribution in [0.15, 0.2) is 58.4 Å². The highest BCUT2D eigenvalue weighted by molar-refractivity contribution is 7.99. The summed E-state index contributed by atoms with van der Waals surface area (Å²) in [5, 5.41) is 0.773. The number of hydrogen-bond donors (Lipinski definition) is 0. The summed E-state index contributed by atoms with van der Waals surface area (Å²) in [5.41, 5.74) is 4.76. The van der Waals surface area contributed by atoms with Crippen LogP contribution in [0.1, 0.15) is 49.3 Å². The molecule has 2 aromatic carbocycles. The molecule has 1 heterocycles. The van der Waals surface area contributed by atoms with Crippen LogP contribution in [-0.4, -0.2) is 18.0 Å². The zero-order valence-electron chi connectivity index (χ0n) is 15.4. The maximum atomic E-state index is 6.25. The molecule has 0 aromatic heterocycles. The molecule has 26 heavy (non-hydrogen) atoms. The Bertz CT molecular complexity index is 795. The zero-order chi connectivity index (χ0) is 18.2. The van der Waals surface area contributed by atoms with Gasteiger partial charge in [-0.05, 0) is 54.0 Å². The van der Waals surface area contributed by atoms with Crippen LogP contribution in [-0.2, 0) is 6.42 Å². The zero-order valence-corrected chi connectivity index (χ0v) is 17.0. The van der Waals surface area contributed by atoms with Crippen LogP contribution in [0, 0.1) is 0 Å². The predicted molar refractivity (Wildman–Crippen MR) is 117 cm³/mol. The van der Waals surface area contributed by atoms with Gasteiger partial charge in [0.1, 0.15) is 0 Å². The van der Waals surface area contributed by atoms with Crippen molar-refractivity contribution in [3.05, 3.63) is 70.3 Å². The van der Waals surface area contributed by atoms with Gasteiger partial charge in [-0.25, -0.2) is 0 Å². The van der Waals surface area contributed by atoms with Crippen LogP contribution in [0.3, 0.4) is 0 Å². The lowest BCUT2D eigenvalue weighted by Crippen LogP contribution is -2.10. The Balaban J connectivity index is 1.67. The number of rotatable bonds is 8. The molecule has 136 valence electrons. The van der Waals surface area contributed by atoms with Gasteiger partial charge in [-0.15, -0.1) is 11.8 Å². The Morgan fingerprint density at radius 2 is 1.96 bits per heavy atom. The number of allylic oxidation sites excluding steroid dienone is 1. The predicted octanol–water partition coefficient (Wildman–Crippen LogP) is 7.07. The monoisotopic (exact) mass is 383 g/mol. The van der Waals surface area contributed by atoms with Crippen molar-refractivity contribution in [1.29, 1.82) is 0 Å². The molecule has 0 spiro atoms. The van der Waals surface area contributed by atoms with Crippen molar-refractivity contribution in [3.63, 3.8) is 0 Å². The number of hydrogen-bond acceptors (Lipinski definition) is 2. The summed E-state index contributed by atoms with van der Waals surface area (Å²) in [6.45, 7) is 3.12. The molecule has 1 aliphatic rings. The van der Waals surface area contributed by atoms with Gasteiger partial charge in [-0.1, -0.05) is 68.1 Å². The van der Waals surface area contributed by atoms with Crippen molar-refractivity contribution >= 4 is 35.2 Å². The number of thioether (sulfide) groups is 1. The van der Waals surface area contributed by atoms with Gasteiger partial charge in [0.15, 0.2) is 0 Å². The van der Waals surface area contributed by atoms with Gasteiger partial charge < -0.3 is 0 Å². The highest BCUT2D eigenvalue weighted by Crippen LogP contribution is 2.26. The molecule has 1 aliphatic heterocycles. The van der Waals surface area contributed by atoms with Gasteiger partial charge in [0.25, 0.3) is 0 Å². The maximum absolute atomic E-state index is 6.25. The van der Waals surface area contributed by atoms with Crippen LogP contribution in [0.25, 0.3) is 6.08 Å². The summed E-state index contributed by atoms with van der Waals surface area (Å²) in [5.74, 6) is 1.21. The molecule has 0 atom stereocenters. The first-order valence-corrected chi connectivity index (χ1v) is 10.9. The van der Waals surface area contributed by atoms with Crippen molar-refractivity contribution in [3.8, 4) is 0 Å². The fourth-order valence-electron chi connectivity index (χ4n) is 3.14. The van der Waals surface area contributed by atoms with E-state index >= 15 is 0 Å². The fraction of sp³-hybridized carbons (Fsp3) is 0.348. The van der Waals surface area contributed by atoms with E-state index in [4.69, 9.17) is 16.6 Å². The van der Waals surface area contributed by atoms with E-state index in [0.29, 0.717) is 0 Å². The third-order valence-corrected chi connectivity index (χ3v) is 6.03. The molecule has 3 heteroatoms. The molecule has 1 nitrogen and oxygen atoms in total. The molecular weight excluding hydrogens is 358 g/mol. The molecule has 0 N–H and O–H groups in total. The summed E-state index contributed by atoms with van der Waals surface area (Å²) in [4.78, 5) is 6.11. The lowest BCUT2D eigenvalue weighted by Gasteiger charge is -2.16. The molecule has 0 radical (unpaired) electrons. The van der Waals surface area contributed by atoms with E-state index in [2.05, 4.69) is 37.3 Å². The van der Waals surface area contributed by atoms with Crippen LogP contribution in [0.5, 0.6) is 0 Å². The van der Waals surface area contributed by atoms with Crippen molar-refractivity contribution < 1.29 is 0 Å². The second kappa shape index (κ2) is 9.99. The number of benzene rings is 2. The van der Waals surface area contributed by atoms with E-state index < -0.39 is 0 Å². The molecule has 0 bridgehead atoms. The Morgan fingerprint density at radius 3 is 2.81 bits per heavy atom. The second-order valence-electron chi connectivity index (χ2n) is 6.60. The summed E-state index contributed by atoms with van der Waals surface area (Å²) in [6.07, 6.45) is 10.5. The molecular formula is C23H26ClNS. The smallest absolute Gasteiger partial charge is 0.0649 e. The molecule has 3 rings (SSSR count). The highest BCUT2D eigenvalue weighted by Gasteiger charge is 2.13. The van der Waals surface area contributed by atoms with E-state index in [9.17, 15) is 0 Å². The molecule has 0 amide bonds. The summed E-state index contributed by atoms with van der Waals surface area (Å²) in [7, 11) is 0. The first kappa shape index (κ1) is 19.3. The van der Waals surface area contributed by atoms with E-state index in [1.807, 2.05) is 36.0 Å². The van der Waals surface area contributed by atoms with Crippen molar-refractivity contribution in [1.82, 2.24) is 0 Å². The van der Waals surface area contributed by atoms with Crippen LogP contribution < -0.4 is 0 Å². The normalized spacial score (nSPS) is 13.7. The number of unbranched alkanes of at least 4 members (excludes halogenated alkanes) is 3. The molecule has 0 fully saturated rings. The van der Waals surface area contributed by atoms with Crippen molar-refractivity contribution in [2.24, 2.45) is 4.99 Å². The van der Waals surface area contributed by atoms with Crippen molar-refractivity contribution in [2.45, 2.75) is 43.9 Å². The number of fused-ring (bicyclic) bond motifs is 1. The quantitative estimate of drug-likeness (QED) is 0.350. The van der Waals surface area contributed by atoms with Crippen molar-refractivity contribution in [2.75, 3.05) is 12.3 Å². The topological polar surface area (TPSA) is 12.4 Å². The van der Waals surface area contributed by atoms with Gasteiger partial charge >= 0.3 is 0 Å². The first-order chi connectivity index (χ1) is 12.8. The third-order valence-electron chi connectivity index (χ3n) is 4.61. The van der Waals surface area contributed by atoms with Gasteiger partial charge in [0.2, 0.25) is 0 Å².